The summed E-state index contributed by atoms with van der Waals surface area (Å²) in [4.78, 5) is 29.9. The van der Waals surface area contributed by atoms with Gasteiger partial charge in [0.05, 0.1) is 0 Å². The molecule has 160 valence electrons. The zero-order valence-corrected chi connectivity index (χ0v) is 27.8. The van der Waals surface area contributed by atoms with Crippen molar-refractivity contribution in [2.45, 2.75) is 51.9 Å². The molecule has 0 amide bonds. The fraction of sp³-hybridized carbons (Fsp3) is 0.364. The van der Waals surface area contributed by atoms with E-state index < -0.39 is 0 Å². The second-order valence-corrected chi connectivity index (χ2v) is 16.7. The second kappa shape index (κ2) is 11.0. The fourth-order valence-corrected chi connectivity index (χ4v) is 13.0. The van der Waals surface area contributed by atoms with Crippen molar-refractivity contribution in [3.63, 3.8) is 0 Å². The molecule has 4 rings (SSSR count). The third-order valence-corrected chi connectivity index (χ3v) is 13.3. The van der Waals surface area contributed by atoms with Gasteiger partial charge in [-0.1, -0.05) is 26.2 Å². The van der Waals surface area contributed by atoms with Gasteiger partial charge in [-0.05, 0) is 0 Å². The van der Waals surface area contributed by atoms with Gasteiger partial charge in [-0.15, -0.1) is 0 Å². The zero-order valence-electron chi connectivity index (χ0n) is 16.9. The Morgan fingerprint density at radius 1 is 0.806 bits per heavy atom. The Morgan fingerprint density at radius 3 is 1.97 bits per heavy atom. The topological polar surface area (TPSA) is 34.1 Å². The number of hydrogen-bond donors (Lipinski definition) is 0. The fourth-order valence-electron chi connectivity index (χ4n) is 3.74. The summed E-state index contributed by atoms with van der Waals surface area (Å²) in [7, 11) is 0. The summed E-state index contributed by atoms with van der Waals surface area (Å²) in [5.74, 6) is 0. The summed E-state index contributed by atoms with van der Waals surface area (Å²) >= 11 is 13.5. The number of fused-ring (bicyclic) bond motifs is 1. The van der Waals surface area contributed by atoms with Gasteiger partial charge in [-0.25, -0.2) is 0 Å². The van der Waals surface area contributed by atoms with Crippen molar-refractivity contribution in [3.05, 3.63) is 44.8 Å². The molecular formula is C22H19Br2O2S4Tl. The van der Waals surface area contributed by atoms with Gasteiger partial charge in [0.1, 0.15) is 0 Å². The molecule has 31 heavy (non-hydrogen) atoms. The molecule has 2 aliphatic rings. The van der Waals surface area contributed by atoms with Crippen molar-refractivity contribution < 1.29 is 9.59 Å². The van der Waals surface area contributed by atoms with Gasteiger partial charge in [-0.2, -0.15) is 0 Å². The molecule has 0 aromatic carbocycles. The molecule has 0 atom stereocenters. The molecule has 0 radical (unpaired) electrons. The Hall–Kier alpha value is 0.802. The average molecular weight is 808 g/mol. The van der Waals surface area contributed by atoms with Crippen LogP contribution in [0.3, 0.4) is 0 Å². The quantitative estimate of drug-likeness (QED) is 0.192. The van der Waals surface area contributed by atoms with Crippen LogP contribution >= 0.6 is 78.1 Å². The van der Waals surface area contributed by atoms with Crippen LogP contribution in [0, 0.1) is 0 Å². The van der Waals surface area contributed by atoms with Crippen molar-refractivity contribution in [1.82, 2.24) is 0 Å². The van der Waals surface area contributed by atoms with Crippen LogP contribution in [-0.2, 0) is 16.0 Å². The van der Waals surface area contributed by atoms with Crippen molar-refractivity contribution in [2.75, 3.05) is 0 Å². The SMILES string of the molecule is CCCCCCCCc1cc(Br)sc1C1=C2SC(=O)C(c3sc(Br)c[c]3[Tl])=C2SC1=O. The van der Waals surface area contributed by atoms with Gasteiger partial charge in [0.15, 0.2) is 0 Å². The molecule has 0 aliphatic carbocycles. The van der Waals surface area contributed by atoms with E-state index in [2.05, 4.69) is 50.9 Å². The Bertz CT molecular complexity index is 1110. The standard InChI is InChI=1S/C22H19Br2O2S4.Tl/c1-2-3-4-5-6-7-8-12-11-15(24)28-18(12)17-20-19(29-22(17)26)16(21(25)30-20)13-9-10-14(23)27-13;/h10-11H,2-8H2,1H3;. The summed E-state index contributed by atoms with van der Waals surface area (Å²) < 4.78 is 3.33. The van der Waals surface area contributed by atoms with Crippen LogP contribution in [0.5, 0.6) is 0 Å². The van der Waals surface area contributed by atoms with Crippen LogP contribution in [-0.4, -0.2) is 36.0 Å². The van der Waals surface area contributed by atoms with Gasteiger partial charge in [-0.3, -0.25) is 0 Å². The van der Waals surface area contributed by atoms with E-state index in [0.717, 1.165) is 51.1 Å². The van der Waals surface area contributed by atoms with Crippen LogP contribution in [0.25, 0.3) is 11.1 Å². The average Bonchev–Trinajstić information content (AvgIpc) is 3.40. The first-order valence-electron chi connectivity index (χ1n) is 10.2. The number of thioether (sulfide) groups is 2. The Balaban J connectivity index is 1.65. The van der Waals surface area contributed by atoms with E-state index in [0.29, 0.717) is 25.8 Å². The number of hydrogen-bond acceptors (Lipinski definition) is 6. The molecule has 9 heteroatoms. The minimum absolute atomic E-state index is 0.0758. The van der Waals surface area contributed by atoms with Gasteiger partial charge >= 0.3 is 208 Å². The third-order valence-electron chi connectivity index (χ3n) is 5.22. The van der Waals surface area contributed by atoms with E-state index in [-0.39, 0.29) is 10.2 Å². The van der Waals surface area contributed by atoms with Crippen molar-refractivity contribution in [1.29, 1.82) is 0 Å². The summed E-state index contributed by atoms with van der Waals surface area (Å²) in [5, 5.41) is 0.154. The van der Waals surface area contributed by atoms with Crippen LogP contribution < -0.4 is 3.12 Å². The monoisotopic (exact) mass is 806 g/mol. The number of halogens is 2. The number of aryl methyl sites for hydroxylation is 1. The number of rotatable bonds is 9. The molecule has 0 spiro atoms. The molecule has 0 unspecified atom stereocenters. The number of unbranched alkanes of at least 4 members (excludes halogenated alkanes) is 5. The maximum atomic E-state index is 13.1. The molecule has 2 aromatic heterocycles. The molecule has 0 bridgehead atoms. The summed E-state index contributed by atoms with van der Waals surface area (Å²) in [6, 6.07) is 4.27. The van der Waals surface area contributed by atoms with Crippen LogP contribution in [0.2, 0.25) is 0 Å². The molecule has 0 N–H and O–H groups in total. The molecule has 0 fully saturated rings. The molecular weight excluding hydrogens is 789 g/mol. The van der Waals surface area contributed by atoms with Gasteiger partial charge < -0.3 is 0 Å². The van der Waals surface area contributed by atoms with Gasteiger partial charge in [0, 0.05) is 0 Å². The first kappa shape index (κ1) is 24.9. The van der Waals surface area contributed by atoms with E-state index in [9.17, 15) is 9.59 Å². The summed E-state index contributed by atoms with van der Waals surface area (Å²) in [6.45, 7) is 2.24. The molecule has 4 heterocycles. The Kier molecular flexibility index (Phi) is 8.86. The van der Waals surface area contributed by atoms with E-state index in [1.54, 1.807) is 22.7 Å². The first-order valence-corrected chi connectivity index (χ1v) is 17.3. The van der Waals surface area contributed by atoms with Gasteiger partial charge in [0.25, 0.3) is 0 Å². The predicted molar refractivity (Wildman–Crippen MR) is 146 cm³/mol. The zero-order chi connectivity index (χ0) is 22.1. The van der Waals surface area contributed by atoms with Crippen LogP contribution in [0.4, 0.5) is 0 Å². The number of carbonyl (C=O) groups excluding carboxylic acids is 2. The van der Waals surface area contributed by atoms with Crippen LogP contribution in [0.15, 0.2) is 29.5 Å². The van der Waals surface area contributed by atoms with E-state index in [1.807, 2.05) is 0 Å². The Labute approximate surface area is 232 Å². The molecule has 0 saturated heterocycles. The third kappa shape index (κ3) is 5.40. The summed E-state index contributed by atoms with van der Waals surface area (Å²) in [5.41, 5.74) is 2.73. The predicted octanol–water partition coefficient (Wildman–Crippen LogP) is 7.70. The number of carbonyl (C=O) groups is 2. The molecule has 0 saturated carbocycles. The Morgan fingerprint density at radius 2 is 1.35 bits per heavy atom. The van der Waals surface area contributed by atoms with Crippen molar-refractivity contribution in [3.8, 4) is 0 Å². The molecule has 2 aromatic rings. The van der Waals surface area contributed by atoms with E-state index in [4.69, 9.17) is 0 Å². The molecule has 2 nitrogen and oxygen atoms in total. The van der Waals surface area contributed by atoms with Crippen molar-refractivity contribution >= 4 is 128 Å². The normalized spacial score (nSPS) is 16.2. The van der Waals surface area contributed by atoms with Crippen molar-refractivity contribution in [2.24, 2.45) is 0 Å². The minimum atomic E-state index is 0.0758. The van der Waals surface area contributed by atoms with E-state index in [1.165, 1.54) is 64.3 Å². The number of thiophene rings is 2. The maximum absolute atomic E-state index is 13.1. The first-order chi connectivity index (χ1) is 14.9. The molecule has 2 aliphatic heterocycles. The second-order valence-electron chi connectivity index (χ2n) is 7.44. The van der Waals surface area contributed by atoms with Crippen LogP contribution in [0.1, 0.15) is 60.8 Å². The van der Waals surface area contributed by atoms with E-state index >= 15 is 0 Å². The van der Waals surface area contributed by atoms with Gasteiger partial charge in [0.2, 0.25) is 0 Å². The summed E-state index contributed by atoms with van der Waals surface area (Å²) in [6.07, 6.45) is 8.49.